The van der Waals surface area contributed by atoms with Crippen LogP contribution in [0.1, 0.15) is 13.8 Å². The molecular formula is C9H23N3. The summed E-state index contributed by atoms with van der Waals surface area (Å²) in [5.41, 5.74) is 0. The topological polar surface area (TPSA) is 27.3 Å². The average Bonchev–Trinajstić information content (AvgIpc) is 2.09. The van der Waals surface area contributed by atoms with Gasteiger partial charge in [-0.25, -0.2) is 0 Å². The Bertz CT molecular complexity index is 93.8. The SMILES string of the molecule is CC.CNCC1CN(C)CCN1. The first-order valence-corrected chi connectivity index (χ1v) is 4.89. The number of piperazine rings is 1. The fourth-order valence-electron chi connectivity index (χ4n) is 1.37. The summed E-state index contributed by atoms with van der Waals surface area (Å²) in [5, 5.41) is 6.62. The maximum absolute atomic E-state index is 3.45. The van der Waals surface area contributed by atoms with Crippen molar-refractivity contribution < 1.29 is 0 Å². The van der Waals surface area contributed by atoms with Crippen molar-refractivity contribution in [2.24, 2.45) is 0 Å². The van der Waals surface area contributed by atoms with Crippen molar-refractivity contribution in [1.29, 1.82) is 0 Å². The van der Waals surface area contributed by atoms with E-state index in [1.165, 1.54) is 13.1 Å². The van der Waals surface area contributed by atoms with Gasteiger partial charge < -0.3 is 15.5 Å². The average molecular weight is 173 g/mol. The van der Waals surface area contributed by atoms with Crippen molar-refractivity contribution in [2.45, 2.75) is 19.9 Å². The fraction of sp³-hybridized carbons (Fsp3) is 1.00. The third-order valence-corrected chi connectivity index (χ3v) is 1.91. The third kappa shape index (κ3) is 4.70. The molecule has 3 heteroatoms. The van der Waals surface area contributed by atoms with Crippen LogP contribution in [-0.4, -0.2) is 51.2 Å². The molecule has 0 amide bonds. The molecule has 0 aromatic heterocycles. The van der Waals surface area contributed by atoms with Crippen LogP contribution < -0.4 is 10.6 Å². The summed E-state index contributed by atoms with van der Waals surface area (Å²) in [5.74, 6) is 0. The molecule has 1 atom stereocenters. The smallest absolute Gasteiger partial charge is 0.0320 e. The molecule has 1 aliphatic rings. The van der Waals surface area contributed by atoms with Gasteiger partial charge in [-0.1, -0.05) is 13.8 Å². The van der Waals surface area contributed by atoms with Gasteiger partial charge in [0, 0.05) is 32.2 Å². The molecule has 1 heterocycles. The Morgan fingerprint density at radius 1 is 1.50 bits per heavy atom. The van der Waals surface area contributed by atoms with Gasteiger partial charge in [0.15, 0.2) is 0 Å². The van der Waals surface area contributed by atoms with E-state index in [2.05, 4.69) is 22.6 Å². The normalized spacial score (nSPS) is 24.5. The Labute approximate surface area is 76.5 Å². The maximum atomic E-state index is 3.45. The van der Waals surface area contributed by atoms with Crippen LogP contribution in [0.15, 0.2) is 0 Å². The quantitative estimate of drug-likeness (QED) is 0.622. The minimum absolute atomic E-state index is 0.642. The van der Waals surface area contributed by atoms with Gasteiger partial charge in [0.1, 0.15) is 0 Å². The minimum Gasteiger partial charge on any atom is -0.318 e. The number of likely N-dealkylation sites (N-methyl/N-ethyl adjacent to an activating group) is 2. The number of rotatable bonds is 2. The van der Waals surface area contributed by atoms with E-state index in [0.29, 0.717) is 6.04 Å². The Hall–Kier alpha value is -0.120. The molecule has 1 fully saturated rings. The Kier molecular flexibility index (Phi) is 7.45. The summed E-state index contributed by atoms with van der Waals surface area (Å²) in [4.78, 5) is 2.36. The molecule has 0 aliphatic carbocycles. The summed E-state index contributed by atoms with van der Waals surface area (Å²) >= 11 is 0. The van der Waals surface area contributed by atoms with Crippen LogP contribution in [0.5, 0.6) is 0 Å². The van der Waals surface area contributed by atoms with Crippen molar-refractivity contribution >= 4 is 0 Å². The van der Waals surface area contributed by atoms with Crippen molar-refractivity contribution in [2.75, 3.05) is 40.3 Å². The first-order valence-electron chi connectivity index (χ1n) is 4.89. The Balaban J connectivity index is 0.000000561. The zero-order chi connectivity index (χ0) is 9.40. The highest BCUT2D eigenvalue weighted by Gasteiger charge is 2.14. The predicted molar refractivity (Wildman–Crippen MR) is 54.6 cm³/mol. The highest BCUT2D eigenvalue weighted by atomic mass is 15.2. The van der Waals surface area contributed by atoms with Gasteiger partial charge in [0.25, 0.3) is 0 Å². The summed E-state index contributed by atoms with van der Waals surface area (Å²) in [6, 6.07) is 0.642. The number of hydrogen-bond acceptors (Lipinski definition) is 3. The van der Waals surface area contributed by atoms with Crippen molar-refractivity contribution in [1.82, 2.24) is 15.5 Å². The molecule has 0 bridgehead atoms. The summed E-state index contributed by atoms with van der Waals surface area (Å²) < 4.78 is 0. The van der Waals surface area contributed by atoms with Gasteiger partial charge in [-0.05, 0) is 14.1 Å². The van der Waals surface area contributed by atoms with Crippen LogP contribution in [0.3, 0.4) is 0 Å². The second-order valence-corrected chi connectivity index (χ2v) is 2.97. The number of hydrogen-bond donors (Lipinski definition) is 2. The standard InChI is InChI=1S/C7H17N3.C2H6/c1-8-5-7-6-10(2)4-3-9-7;1-2/h7-9H,3-6H2,1-2H3;1-2H3. The number of nitrogens with one attached hydrogen (secondary N) is 2. The van der Waals surface area contributed by atoms with Crippen molar-refractivity contribution in [3.63, 3.8) is 0 Å². The lowest BCUT2D eigenvalue weighted by Crippen LogP contribution is -2.52. The molecule has 1 rings (SSSR count). The van der Waals surface area contributed by atoms with E-state index >= 15 is 0 Å². The van der Waals surface area contributed by atoms with Gasteiger partial charge in [0.05, 0.1) is 0 Å². The van der Waals surface area contributed by atoms with Gasteiger partial charge in [-0.2, -0.15) is 0 Å². The molecule has 0 spiro atoms. The van der Waals surface area contributed by atoms with E-state index in [0.717, 1.165) is 13.1 Å². The third-order valence-electron chi connectivity index (χ3n) is 1.91. The van der Waals surface area contributed by atoms with Crippen LogP contribution in [0, 0.1) is 0 Å². The fourth-order valence-corrected chi connectivity index (χ4v) is 1.37. The van der Waals surface area contributed by atoms with Crippen molar-refractivity contribution in [3.8, 4) is 0 Å². The van der Waals surface area contributed by atoms with E-state index in [1.807, 2.05) is 20.9 Å². The zero-order valence-corrected chi connectivity index (χ0v) is 8.85. The van der Waals surface area contributed by atoms with Gasteiger partial charge in [0.2, 0.25) is 0 Å². The second kappa shape index (κ2) is 7.53. The maximum Gasteiger partial charge on any atom is 0.0320 e. The first kappa shape index (κ1) is 11.9. The molecule has 1 saturated heterocycles. The summed E-state index contributed by atoms with van der Waals surface area (Å²) in [7, 11) is 4.17. The molecule has 1 aliphatic heterocycles. The van der Waals surface area contributed by atoms with Crippen LogP contribution in [0.25, 0.3) is 0 Å². The lowest BCUT2D eigenvalue weighted by atomic mass is 10.2. The van der Waals surface area contributed by atoms with Gasteiger partial charge >= 0.3 is 0 Å². The van der Waals surface area contributed by atoms with E-state index in [-0.39, 0.29) is 0 Å². The lowest BCUT2D eigenvalue weighted by molar-refractivity contribution is 0.237. The van der Waals surface area contributed by atoms with E-state index in [9.17, 15) is 0 Å². The summed E-state index contributed by atoms with van der Waals surface area (Å²) in [6.07, 6.45) is 0. The molecule has 2 N–H and O–H groups in total. The molecule has 0 aromatic carbocycles. The van der Waals surface area contributed by atoms with Crippen LogP contribution >= 0.6 is 0 Å². The highest BCUT2D eigenvalue weighted by molar-refractivity contribution is 4.77. The monoisotopic (exact) mass is 173 g/mol. The van der Waals surface area contributed by atoms with E-state index in [4.69, 9.17) is 0 Å². The molecule has 0 saturated carbocycles. The molecule has 0 aromatic rings. The molecule has 1 unspecified atom stereocenters. The van der Waals surface area contributed by atoms with Crippen LogP contribution in [0.4, 0.5) is 0 Å². The van der Waals surface area contributed by atoms with Gasteiger partial charge in [-0.3, -0.25) is 0 Å². The summed E-state index contributed by atoms with van der Waals surface area (Å²) in [6.45, 7) is 8.55. The predicted octanol–water partition coefficient (Wildman–Crippen LogP) is 0.136. The van der Waals surface area contributed by atoms with Crippen LogP contribution in [0.2, 0.25) is 0 Å². The molecule has 0 radical (unpaired) electrons. The first-order chi connectivity index (χ1) is 5.83. The van der Waals surface area contributed by atoms with Gasteiger partial charge in [-0.15, -0.1) is 0 Å². The van der Waals surface area contributed by atoms with E-state index in [1.54, 1.807) is 0 Å². The molecule has 74 valence electrons. The zero-order valence-electron chi connectivity index (χ0n) is 8.85. The second-order valence-electron chi connectivity index (χ2n) is 2.97. The Morgan fingerprint density at radius 3 is 2.67 bits per heavy atom. The highest BCUT2D eigenvalue weighted by Crippen LogP contribution is 1.93. The largest absolute Gasteiger partial charge is 0.318 e. The minimum atomic E-state index is 0.642. The molecule has 3 nitrogen and oxygen atoms in total. The molecule has 12 heavy (non-hydrogen) atoms. The Morgan fingerprint density at radius 2 is 2.17 bits per heavy atom. The van der Waals surface area contributed by atoms with Crippen molar-refractivity contribution in [3.05, 3.63) is 0 Å². The van der Waals surface area contributed by atoms with Crippen LogP contribution in [-0.2, 0) is 0 Å². The molecular weight excluding hydrogens is 150 g/mol. The van der Waals surface area contributed by atoms with E-state index < -0.39 is 0 Å². The number of nitrogens with zero attached hydrogens (tertiary/aromatic N) is 1. The lowest BCUT2D eigenvalue weighted by Gasteiger charge is -2.30.